The minimum absolute atomic E-state index is 0.125. The molecule has 0 amide bonds. The molecule has 3 rings (SSSR count). The van der Waals surface area contributed by atoms with E-state index in [9.17, 15) is 10.1 Å². The van der Waals surface area contributed by atoms with Crippen LogP contribution in [0.25, 0.3) is 11.4 Å². The van der Waals surface area contributed by atoms with Crippen molar-refractivity contribution in [2.24, 2.45) is 11.3 Å². The highest BCUT2D eigenvalue weighted by molar-refractivity contribution is 5.75. The van der Waals surface area contributed by atoms with Gasteiger partial charge in [0.2, 0.25) is 0 Å². The Kier molecular flexibility index (Phi) is 10.7. The number of carbonyl (C=O) groups is 1. The Bertz CT molecular complexity index is 939. The molecular weight excluding hydrogens is 434 g/mol. The van der Waals surface area contributed by atoms with Crippen LogP contribution < -0.4 is 4.74 Å². The van der Waals surface area contributed by atoms with Crippen molar-refractivity contribution in [3.05, 3.63) is 42.2 Å². The van der Waals surface area contributed by atoms with Crippen molar-refractivity contribution in [3.8, 4) is 23.2 Å². The number of unbranched alkanes of at least 4 members (excludes halogenated alkanes) is 6. The van der Waals surface area contributed by atoms with Gasteiger partial charge < -0.3 is 4.74 Å². The number of carbonyl (C=O) groups excluding carboxylic acids is 1. The highest BCUT2D eigenvalue weighted by Crippen LogP contribution is 2.42. The fourth-order valence-corrected chi connectivity index (χ4v) is 5.04. The van der Waals surface area contributed by atoms with E-state index in [0.717, 1.165) is 62.5 Å². The molecule has 5 nitrogen and oxygen atoms in total. The average Bonchev–Trinajstić information content (AvgIpc) is 2.89. The summed E-state index contributed by atoms with van der Waals surface area (Å²) in [6.45, 7) is 4.38. The molecule has 188 valence electrons. The second-order valence-corrected chi connectivity index (χ2v) is 10.1. The van der Waals surface area contributed by atoms with Gasteiger partial charge in [0.25, 0.3) is 0 Å². The number of aryl methyl sites for hydroxylation is 1. The van der Waals surface area contributed by atoms with Crippen LogP contribution in [-0.4, -0.2) is 15.9 Å². The Balaban J connectivity index is 1.44. The van der Waals surface area contributed by atoms with Crippen LogP contribution in [0, 0.1) is 22.7 Å². The first kappa shape index (κ1) is 26.9. The van der Waals surface area contributed by atoms with Crippen molar-refractivity contribution in [3.63, 3.8) is 0 Å². The summed E-state index contributed by atoms with van der Waals surface area (Å²) in [7, 11) is 0. The van der Waals surface area contributed by atoms with E-state index in [0.29, 0.717) is 11.6 Å². The fourth-order valence-electron chi connectivity index (χ4n) is 5.04. The summed E-state index contributed by atoms with van der Waals surface area (Å²) < 4.78 is 5.68. The lowest BCUT2D eigenvalue weighted by atomic mass is 9.69. The van der Waals surface area contributed by atoms with Gasteiger partial charge >= 0.3 is 5.97 Å². The lowest BCUT2D eigenvalue weighted by Crippen LogP contribution is -2.31. The molecule has 1 aliphatic carbocycles. The van der Waals surface area contributed by atoms with E-state index >= 15 is 0 Å². The lowest BCUT2D eigenvalue weighted by molar-refractivity contribution is -0.140. The second kappa shape index (κ2) is 14.0. The summed E-state index contributed by atoms with van der Waals surface area (Å²) in [6, 6.07) is 10.00. The lowest BCUT2D eigenvalue weighted by Gasteiger charge is -2.34. The third kappa shape index (κ3) is 8.16. The van der Waals surface area contributed by atoms with Crippen LogP contribution >= 0.6 is 0 Å². The SMILES string of the molecule is CCCCCCCCCC1(C#N)CCC(C(=O)Oc2ccc(-c3ncc(CCC)cn3)cc2)CC1. The van der Waals surface area contributed by atoms with E-state index in [1.165, 1.54) is 38.5 Å². The Morgan fingerprint density at radius 1 is 0.971 bits per heavy atom. The third-order valence-corrected chi connectivity index (χ3v) is 7.35. The van der Waals surface area contributed by atoms with Gasteiger partial charge in [-0.1, -0.05) is 65.2 Å². The molecule has 1 aliphatic rings. The molecule has 35 heavy (non-hydrogen) atoms. The summed E-state index contributed by atoms with van der Waals surface area (Å²) in [4.78, 5) is 21.7. The summed E-state index contributed by atoms with van der Waals surface area (Å²) in [5.74, 6) is 0.908. The smallest absolute Gasteiger partial charge is 0.314 e. The van der Waals surface area contributed by atoms with E-state index in [2.05, 4.69) is 29.9 Å². The summed E-state index contributed by atoms with van der Waals surface area (Å²) in [6.07, 6.45) is 18.6. The zero-order valence-electron chi connectivity index (χ0n) is 21.6. The van der Waals surface area contributed by atoms with Crippen LogP contribution in [-0.2, 0) is 11.2 Å². The molecule has 1 aromatic carbocycles. The van der Waals surface area contributed by atoms with Crippen LogP contribution in [0.15, 0.2) is 36.7 Å². The molecule has 0 saturated heterocycles. The number of nitriles is 1. The first-order chi connectivity index (χ1) is 17.1. The maximum atomic E-state index is 12.8. The molecule has 1 fully saturated rings. The normalized spacial score (nSPS) is 19.7. The van der Waals surface area contributed by atoms with Crippen LogP contribution in [0.3, 0.4) is 0 Å². The van der Waals surface area contributed by atoms with Crippen molar-refractivity contribution in [2.45, 2.75) is 104 Å². The van der Waals surface area contributed by atoms with Gasteiger partial charge in [0.1, 0.15) is 5.75 Å². The van der Waals surface area contributed by atoms with E-state index in [1.54, 1.807) is 12.1 Å². The number of hydrogen-bond acceptors (Lipinski definition) is 5. The number of esters is 1. The van der Waals surface area contributed by atoms with E-state index in [1.807, 2.05) is 24.5 Å². The molecule has 0 spiro atoms. The fraction of sp³-hybridized carbons (Fsp3) is 0.600. The molecular formula is C30H41N3O2. The average molecular weight is 476 g/mol. The first-order valence-electron chi connectivity index (χ1n) is 13.6. The van der Waals surface area contributed by atoms with Gasteiger partial charge in [-0.15, -0.1) is 0 Å². The first-order valence-corrected chi connectivity index (χ1v) is 13.6. The predicted molar refractivity (Wildman–Crippen MR) is 140 cm³/mol. The van der Waals surface area contributed by atoms with Crippen molar-refractivity contribution >= 4 is 5.97 Å². The quantitative estimate of drug-likeness (QED) is 0.167. The maximum absolute atomic E-state index is 12.8. The molecule has 0 bridgehead atoms. The minimum Gasteiger partial charge on any atom is -0.426 e. The molecule has 0 radical (unpaired) electrons. The molecule has 0 aliphatic heterocycles. The molecule has 1 saturated carbocycles. The Hall–Kier alpha value is -2.74. The molecule has 5 heteroatoms. The van der Waals surface area contributed by atoms with Gasteiger partial charge in [-0.3, -0.25) is 4.79 Å². The second-order valence-electron chi connectivity index (χ2n) is 10.1. The third-order valence-electron chi connectivity index (χ3n) is 7.35. The van der Waals surface area contributed by atoms with Gasteiger partial charge in [-0.2, -0.15) is 5.26 Å². The molecule has 2 aromatic rings. The number of benzene rings is 1. The number of rotatable bonds is 13. The van der Waals surface area contributed by atoms with Crippen molar-refractivity contribution in [1.29, 1.82) is 5.26 Å². The van der Waals surface area contributed by atoms with E-state index in [-0.39, 0.29) is 17.3 Å². The summed E-state index contributed by atoms with van der Waals surface area (Å²) in [5.41, 5.74) is 1.78. The van der Waals surface area contributed by atoms with Crippen LogP contribution in [0.2, 0.25) is 0 Å². The molecule has 1 heterocycles. The van der Waals surface area contributed by atoms with Crippen molar-refractivity contribution in [1.82, 2.24) is 9.97 Å². The molecule has 0 unspecified atom stereocenters. The zero-order chi connectivity index (χ0) is 24.9. The zero-order valence-corrected chi connectivity index (χ0v) is 21.6. The monoisotopic (exact) mass is 475 g/mol. The molecule has 0 N–H and O–H groups in total. The predicted octanol–water partition coefficient (Wildman–Crippen LogP) is 7.84. The number of nitrogens with zero attached hydrogens (tertiary/aromatic N) is 3. The molecule has 0 atom stereocenters. The van der Waals surface area contributed by atoms with Gasteiger partial charge in [-0.05, 0) is 68.4 Å². The van der Waals surface area contributed by atoms with Crippen molar-refractivity contribution < 1.29 is 9.53 Å². The topological polar surface area (TPSA) is 75.9 Å². The maximum Gasteiger partial charge on any atom is 0.314 e. The largest absolute Gasteiger partial charge is 0.426 e. The summed E-state index contributed by atoms with van der Waals surface area (Å²) in [5, 5.41) is 9.86. The number of hydrogen-bond donors (Lipinski definition) is 0. The van der Waals surface area contributed by atoms with Gasteiger partial charge in [0, 0.05) is 18.0 Å². The van der Waals surface area contributed by atoms with Gasteiger partial charge in [0.05, 0.1) is 17.4 Å². The van der Waals surface area contributed by atoms with Gasteiger partial charge in [0.15, 0.2) is 5.82 Å². The Morgan fingerprint density at radius 3 is 2.20 bits per heavy atom. The van der Waals surface area contributed by atoms with Crippen LogP contribution in [0.4, 0.5) is 0 Å². The highest BCUT2D eigenvalue weighted by atomic mass is 16.5. The number of aromatic nitrogens is 2. The van der Waals surface area contributed by atoms with Crippen LogP contribution in [0.1, 0.15) is 103 Å². The van der Waals surface area contributed by atoms with E-state index in [4.69, 9.17) is 4.74 Å². The Labute approximate surface area is 211 Å². The van der Waals surface area contributed by atoms with Gasteiger partial charge in [-0.25, -0.2) is 9.97 Å². The standard InChI is InChI=1S/C30H41N3O2/c1-3-5-6-7-8-9-10-18-30(23-31)19-16-26(17-20-30)29(34)35-27-14-12-25(13-15-27)28-32-21-24(11-4-2)22-33-28/h12-15,21-22,26H,3-11,16-20H2,1-2H3. The highest BCUT2D eigenvalue weighted by Gasteiger charge is 2.37. The van der Waals surface area contributed by atoms with Crippen molar-refractivity contribution in [2.75, 3.05) is 0 Å². The number of ether oxygens (including phenoxy) is 1. The molecule has 1 aromatic heterocycles. The Morgan fingerprint density at radius 2 is 1.60 bits per heavy atom. The summed E-state index contributed by atoms with van der Waals surface area (Å²) >= 11 is 0. The minimum atomic E-state index is -0.255. The van der Waals surface area contributed by atoms with E-state index < -0.39 is 0 Å². The van der Waals surface area contributed by atoms with Crippen LogP contribution in [0.5, 0.6) is 5.75 Å².